The highest BCUT2D eigenvalue weighted by atomic mass is 79.9. The summed E-state index contributed by atoms with van der Waals surface area (Å²) in [6.07, 6.45) is 0. The van der Waals surface area contributed by atoms with E-state index in [9.17, 15) is 9.59 Å². The SMILES string of the molecule is COc1ccc(NC(=O)CNC(=O)c2cccc(Br)c2)c(OC)c1. The zero-order chi connectivity index (χ0) is 17.5. The van der Waals surface area contributed by atoms with Gasteiger partial charge in [-0.05, 0) is 30.3 Å². The van der Waals surface area contributed by atoms with Gasteiger partial charge in [-0.1, -0.05) is 22.0 Å². The van der Waals surface area contributed by atoms with Crippen molar-refractivity contribution < 1.29 is 19.1 Å². The van der Waals surface area contributed by atoms with Crippen LogP contribution in [0.25, 0.3) is 0 Å². The fraction of sp³-hybridized carbons (Fsp3) is 0.176. The minimum absolute atomic E-state index is 0.152. The van der Waals surface area contributed by atoms with E-state index in [2.05, 4.69) is 26.6 Å². The van der Waals surface area contributed by atoms with Gasteiger partial charge < -0.3 is 20.1 Å². The standard InChI is InChI=1S/C17H17BrN2O4/c1-23-13-6-7-14(15(9-13)24-2)20-16(21)10-19-17(22)11-4-3-5-12(18)8-11/h3-9H,10H2,1-2H3,(H,19,22)(H,20,21). The molecule has 0 atom stereocenters. The monoisotopic (exact) mass is 392 g/mol. The van der Waals surface area contributed by atoms with E-state index in [0.29, 0.717) is 22.7 Å². The van der Waals surface area contributed by atoms with Gasteiger partial charge in [-0.15, -0.1) is 0 Å². The van der Waals surface area contributed by atoms with Crippen LogP contribution in [0.5, 0.6) is 11.5 Å². The highest BCUT2D eigenvalue weighted by molar-refractivity contribution is 9.10. The van der Waals surface area contributed by atoms with E-state index < -0.39 is 0 Å². The van der Waals surface area contributed by atoms with Crippen molar-refractivity contribution in [2.24, 2.45) is 0 Å². The summed E-state index contributed by atoms with van der Waals surface area (Å²) < 4.78 is 11.1. The van der Waals surface area contributed by atoms with Gasteiger partial charge in [0.25, 0.3) is 5.91 Å². The van der Waals surface area contributed by atoms with E-state index in [0.717, 1.165) is 4.47 Å². The zero-order valence-corrected chi connectivity index (χ0v) is 14.8. The molecule has 0 aliphatic heterocycles. The summed E-state index contributed by atoms with van der Waals surface area (Å²) in [6.45, 7) is -0.152. The quantitative estimate of drug-likeness (QED) is 0.792. The van der Waals surface area contributed by atoms with Crippen LogP contribution in [0.4, 0.5) is 5.69 Å². The van der Waals surface area contributed by atoms with Crippen molar-refractivity contribution in [1.82, 2.24) is 5.32 Å². The number of methoxy groups -OCH3 is 2. The molecule has 6 nitrogen and oxygen atoms in total. The Kier molecular flexibility index (Phi) is 6.20. The fourth-order valence-electron chi connectivity index (χ4n) is 1.99. The first-order valence-electron chi connectivity index (χ1n) is 7.09. The minimum Gasteiger partial charge on any atom is -0.497 e. The highest BCUT2D eigenvalue weighted by Gasteiger charge is 2.11. The van der Waals surface area contributed by atoms with Crippen molar-refractivity contribution in [3.05, 3.63) is 52.5 Å². The van der Waals surface area contributed by atoms with Crippen molar-refractivity contribution in [1.29, 1.82) is 0 Å². The molecule has 2 aromatic rings. The first-order chi connectivity index (χ1) is 11.5. The summed E-state index contributed by atoms with van der Waals surface area (Å²) in [5.74, 6) is 0.406. The molecular weight excluding hydrogens is 376 g/mol. The molecule has 0 radical (unpaired) electrons. The van der Waals surface area contributed by atoms with E-state index >= 15 is 0 Å². The summed E-state index contributed by atoms with van der Waals surface area (Å²) in [7, 11) is 3.05. The number of hydrogen-bond acceptors (Lipinski definition) is 4. The highest BCUT2D eigenvalue weighted by Crippen LogP contribution is 2.28. The number of halogens is 1. The van der Waals surface area contributed by atoms with E-state index in [1.165, 1.54) is 7.11 Å². The topological polar surface area (TPSA) is 76.7 Å². The van der Waals surface area contributed by atoms with Crippen LogP contribution in [0.1, 0.15) is 10.4 Å². The van der Waals surface area contributed by atoms with E-state index in [4.69, 9.17) is 9.47 Å². The number of carbonyl (C=O) groups excluding carboxylic acids is 2. The summed E-state index contributed by atoms with van der Waals surface area (Å²) in [4.78, 5) is 24.0. The third-order valence-corrected chi connectivity index (χ3v) is 3.67. The first-order valence-corrected chi connectivity index (χ1v) is 7.88. The molecule has 2 amide bonds. The number of nitrogens with one attached hydrogen (secondary N) is 2. The van der Waals surface area contributed by atoms with Crippen LogP contribution >= 0.6 is 15.9 Å². The fourth-order valence-corrected chi connectivity index (χ4v) is 2.39. The second-order valence-corrected chi connectivity index (χ2v) is 5.72. The molecule has 0 spiro atoms. The third-order valence-electron chi connectivity index (χ3n) is 3.18. The van der Waals surface area contributed by atoms with Gasteiger partial charge in [0.2, 0.25) is 5.91 Å². The van der Waals surface area contributed by atoms with E-state index in [1.807, 2.05) is 6.07 Å². The lowest BCUT2D eigenvalue weighted by Crippen LogP contribution is -2.32. The molecule has 0 aromatic heterocycles. The van der Waals surface area contributed by atoms with E-state index in [1.54, 1.807) is 43.5 Å². The van der Waals surface area contributed by atoms with Crippen LogP contribution < -0.4 is 20.1 Å². The molecule has 2 aromatic carbocycles. The van der Waals surface area contributed by atoms with Gasteiger partial charge in [0.15, 0.2) is 0 Å². The summed E-state index contributed by atoms with van der Waals surface area (Å²) >= 11 is 3.30. The molecule has 126 valence electrons. The van der Waals surface area contributed by atoms with Crippen LogP contribution in [0.15, 0.2) is 46.9 Å². The lowest BCUT2D eigenvalue weighted by atomic mass is 10.2. The molecule has 0 saturated heterocycles. The second kappa shape index (κ2) is 8.35. The Morgan fingerprint density at radius 1 is 1.08 bits per heavy atom. The zero-order valence-electron chi connectivity index (χ0n) is 13.3. The van der Waals surface area contributed by atoms with Crippen LogP contribution in [0.3, 0.4) is 0 Å². The molecule has 7 heteroatoms. The maximum atomic E-state index is 12.0. The van der Waals surface area contributed by atoms with Gasteiger partial charge in [0.1, 0.15) is 11.5 Å². The average Bonchev–Trinajstić information content (AvgIpc) is 2.60. The van der Waals surface area contributed by atoms with Crippen molar-refractivity contribution in [3.8, 4) is 11.5 Å². The number of anilines is 1. The van der Waals surface area contributed by atoms with Gasteiger partial charge in [-0.2, -0.15) is 0 Å². The molecular formula is C17H17BrN2O4. The number of amides is 2. The molecule has 0 saturated carbocycles. The van der Waals surface area contributed by atoms with Gasteiger partial charge >= 0.3 is 0 Å². The van der Waals surface area contributed by atoms with Crippen LogP contribution in [0.2, 0.25) is 0 Å². The Balaban J connectivity index is 1.95. The second-order valence-electron chi connectivity index (χ2n) is 4.81. The first kappa shape index (κ1) is 17.8. The lowest BCUT2D eigenvalue weighted by Gasteiger charge is -2.12. The average molecular weight is 393 g/mol. The van der Waals surface area contributed by atoms with Crippen molar-refractivity contribution in [2.45, 2.75) is 0 Å². The predicted octanol–water partition coefficient (Wildman–Crippen LogP) is 2.83. The minimum atomic E-state index is -0.359. The Labute approximate surface area is 148 Å². The summed E-state index contributed by atoms with van der Waals surface area (Å²) in [6, 6.07) is 12.0. The maximum Gasteiger partial charge on any atom is 0.251 e. The maximum absolute atomic E-state index is 12.0. The molecule has 0 aliphatic rings. The number of hydrogen-bond donors (Lipinski definition) is 2. The number of ether oxygens (including phenoxy) is 2. The van der Waals surface area contributed by atoms with Gasteiger partial charge in [0.05, 0.1) is 26.5 Å². The molecule has 24 heavy (non-hydrogen) atoms. The molecule has 0 fully saturated rings. The lowest BCUT2D eigenvalue weighted by molar-refractivity contribution is -0.115. The van der Waals surface area contributed by atoms with Crippen molar-refractivity contribution in [2.75, 3.05) is 26.1 Å². The molecule has 0 heterocycles. The normalized spacial score (nSPS) is 9.96. The molecule has 0 bridgehead atoms. The summed E-state index contributed by atoms with van der Waals surface area (Å²) in [5.41, 5.74) is 0.971. The predicted molar refractivity (Wildman–Crippen MR) is 94.7 cm³/mol. The van der Waals surface area contributed by atoms with Crippen LogP contribution in [-0.4, -0.2) is 32.6 Å². The Bertz CT molecular complexity index is 749. The number of rotatable bonds is 6. The van der Waals surface area contributed by atoms with Crippen molar-refractivity contribution in [3.63, 3.8) is 0 Å². The Hall–Kier alpha value is -2.54. The van der Waals surface area contributed by atoms with Gasteiger partial charge in [-0.25, -0.2) is 0 Å². The van der Waals surface area contributed by atoms with E-state index in [-0.39, 0.29) is 18.4 Å². The molecule has 2 rings (SSSR count). The number of benzene rings is 2. The van der Waals surface area contributed by atoms with Gasteiger partial charge in [-0.3, -0.25) is 9.59 Å². The van der Waals surface area contributed by atoms with Crippen LogP contribution in [-0.2, 0) is 4.79 Å². The van der Waals surface area contributed by atoms with Gasteiger partial charge in [0, 0.05) is 16.1 Å². The third kappa shape index (κ3) is 4.73. The smallest absolute Gasteiger partial charge is 0.251 e. The molecule has 2 N–H and O–H groups in total. The largest absolute Gasteiger partial charge is 0.497 e. The molecule has 0 unspecified atom stereocenters. The van der Waals surface area contributed by atoms with Crippen molar-refractivity contribution >= 4 is 33.4 Å². The summed E-state index contributed by atoms with van der Waals surface area (Å²) in [5, 5.41) is 5.26. The molecule has 0 aliphatic carbocycles. The van der Waals surface area contributed by atoms with Crippen LogP contribution in [0, 0.1) is 0 Å². The Morgan fingerprint density at radius 3 is 2.54 bits per heavy atom. The number of carbonyl (C=O) groups is 2. The Morgan fingerprint density at radius 2 is 1.88 bits per heavy atom.